The first-order valence-electron chi connectivity index (χ1n) is 15.3. The lowest BCUT2D eigenvalue weighted by atomic mass is 9.49. The quantitative estimate of drug-likeness (QED) is 0.227. The third-order valence-electron chi connectivity index (χ3n) is 10.9. The minimum atomic E-state index is 0.101. The van der Waals surface area contributed by atoms with Gasteiger partial charge < -0.3 is 9.47 Å². The van der Waals surface area contributed by atoms with Crippen molar-refractivity contribution >= 4 is 33.2 Å². The third-order valence-corrected chi connectivity index (χ3v) is 10.9. The van der Waals surface area contributed by atoms with Crippen LogP contribution in [0.5, 0.6) is 0 Å². The van der Waals surface area contributed by atoms with Gasteiger partial charge in [0.25, 0.3) is 0 Å². The lowest BCUT2D eigenvalue weighted by molar-refractivity contribution is -0.0534. The van der Waals surface area contributed by atoms with E-state index in [0.29, 0.717) is 0 Å². The number of aryl methyl sites for hydroxylation is 4. The molecule has 4 aromatic carbocycles. The van der Waals surface area contributed by atoms with Crippen molar-refractivity contribution in [2.75, 3.05) is 4.90 Å². The molecular weight excluding hydrogens is 484 g/mol. The Morgan fingerprint density at radius 3 is 1.50 bits per heavy atom. The number of nitrogens with zero attached hydrogens (tertiary/aromatic N) is 2. The molecule has 202 valence electrons. The highest BCUT2D eigenvalue weighted by atomic mass is 15.2. The van der Waals surface area contributed by atoms with E-state index in [4.69, 9.17) is 0 Å². The first kappa shape index (κ1) is 24.3. The molecule has 9 rings (SSSR count). The second-order valence-electron chi connectivity index (χ2n) is 13.6. The maximum atomic E-state index is 2.89. The molecule has 4 fully saturated rings. The van der Waals surface area contributed by atoms with Gasteiger partial charge in [-0.1, -0.05) is 72.8 Å². The van der Waals surface area contributed by atoms with E-state index < -0.39 is 0 Å². The van der Waals surface area contributed by atoms with Gasteiger partial charge in [0, 0.05) is 44.3 Å². The highest BCUT2D eigenvalue weighted by molar-refractivity contribution is 6.08. The molecule has 2 atom stereocenters. The molecule has 2 unspecified atom stereocenters. The largest absolute Gasteiger partial charge is 0.334 e. The van der Waals surface area contributed by atoms with Gasteiger partial charge in [-0.3, -0.25) is 0 Å². The summed E-state index contributed by atoms with van der Waals surface area (Å²) < 4.78 is 2.83. The molecule has 40 heavy (non-hydrogen) atoms. The van der Waals surface area contributed by atoms with Crippen molar-refractivity contribution in [3.05, 3.63) is 107 Å². The summed E-state index contributed by atoms with van der Waals surface area (Å²) in [5.41, 5.74) is 11.5. The fourth-order valence-corrected chi connectivity index (χ4v) is 10.0. The summed E-state index contributed by atoms with van der Waals surface area (Å²) in [6.45, 7) is 9.30. The minimum Gasteiger partial charge on any atom is -0.334 e. The van der Waals surface area contributed by atoms with Gasteiger partial charge >= 0.3 is 0 Å². The lowest BCUT2D eigenvalue weighted by Crippen LogP contribution is -2.65. The highest BCUT2D eigenvalue weighted by Crippen LogP contribution is 2.65. The standard InChI is InChI=1S/C38H40N2/c1-25-11-9-12-26(2)35(25)40(36-27(3)13-10-14-28(36)4)38-22-29-19-30(23-38)21-37(20-29,24-38)39-33-17-7-5-15-31(33)32-16-6-8-18-34(32)39/h5-18,29-30H,19-24H2,1-4H3. The van der Waals surface area contributed by atoms with Crippen molar-refractivity contribution in [1.82, 2.24) is 4.57 Å². The van der Waals surface area contributed by atoms with E-state index in [1.165, 1.54) is 94.0 Å². The molecule has 4 aliphatic rings. The number of hydrogen-bond acceptors (Lipinski definition) is 1. The van der Waals surface area contributed by atoms with E-state index in [1.807, 2.05) is 0 Å². The van der Waals surface area contributed by atoms with Crippen LogP contribution in [0.4, 0.5) is 11.4 Å². The summed E-state index contributed by atoms with van der Waals surface area (Å²) in [6, 6.07) is 32.1. The molecule has 5 aromatic rings. The summed E-state index contributed by atoms with van der Waals surface area (Å²) >= 11 is 0. The fourth-order valence-electron chi connectivity index (χ4n) is 10.0. The van der Waals surface area contributed by atoms with Crippen LogP contribution < -0.4 is 4.90 Å². The van der Waals surface area contributed by atoms with Gasteiger partial charge in [0.1, 0.15) is 0 Å². The summed E-state index contributed by atoms with van der Waals surface area (Å²) in [6.07, 6.45) is 7.81. The Bertz CT molecular complexity index is 1630. The van der Waals surface area contributed by atoms with Crippen LogP contribution in [0.15, 0.2) is 84.9 Å². The summed E-state index contributed by atoms with van der Waals surface area (Å²) in [4.78, 5) is 2.89. The average molecular weight is 525 g/mol. The Morgan fingerprint density at radius 1 is 0.575 bits per heavy atom. The summed E-state index contributed by atoms with van der Waals surface area (Å²) in [7, 11) is 0. The fraction of sp³-hybridized carbons (Fsp3) is 0.368. The molecule has 4 saturated carbocycles. The Hall–Kier alpha value is -3.52. The van der Waals surface area contributed by atoms with Crippen LogP contribution in [0.3, 0.4) is 0 Å². The lowest BCUT2D eigenvalue weighted by Gasteiger charge is -2.66. The van der Waals surface area contributed by atoms with E-state index >= 15 is 0 Å². The van der Waals surface area contributed by atoms with Crippen LogP contribution in [-0.2, 0) is 5.54 Å². The summed E-state index contributed by atoms with van der Waals surface area (Å²) in [5, 5.41) is 2.81. The SMILES string of the molecule is Cc1cccc(C)c1N(c1c(C)cccc1C)C12CC3CC(C1)CC(n1c4ccccc4c4ccccc41)(C3)C2. The van der Waals surface area contributed by atoms with Crippen LogP contribution in [0.1, 0.15) is 60.8 Å². The van der Waals surface area contributed by atoms with Gasteiger partial charge in [0.2, 0.25) is 0 Å². The van der Waals surface area contributed by atoms with Gasteiger partial charge in [0.05, 0.1) is 0 Å². The molecule has 4 aliphatic carbocycles. The second kappa shape index (κ2) is 8.49. The molecule has 2 nitrogen and oxygen atoms in total. The maximum Gasteiger partial charge on any atom is 0.0496 e. The number of hydrogen-bond donors (Lipinski definition) is 0. The van der Waals surface area contributed by atoms with Crippen molar-refractivity contribution in [2.45, 2.75) is 77.3 Å². The van der Waals surface area contributed by atoms with Crippen molar-refractivity contribution in [1.29, 1.82) is 0 Å². The number of fused-ring (bicyclic) bond motifs is 3. The van der Waals surface area contributed by atoms with Crippen LogP contribution >= 0.6 is 0 Å². The van der Waals surface area contributed by atoms with E-state index in [2.05, 4.69) is 122 Å². The Labute approximate surface area is 238 Å². The number of aromatic nitrogens is 1. The van der Waals surface area contributed by atoms with E-state index in [9.17, 15) is 0 Å². The van der Waals surface area contributed by atoms with Gasteiger partial charge in [-0.25, -0.2) is 0 Å². The van der Waals surface area contributed by atoms with E-state index in [-0.39, 0.29) is 11.1 Å². The molecule has 0 radical (unpaired) electrons. The highest BCUT2D eigenvalue weighted by Gasteiger charge is 2.61. The Kier molecular flexibility index (Phi) is 5.16. The van der Waals surface area contributed by atoms with Crippen molar-refractivity contribution < 1.29 is 0 Å². The average Bonchev–Trinajstić information content (AvgIpc) is 3.26. The van der Waals surface area contributed by atoms with E-state index in [0.717, 1.165) is 11.8 Å². The molecule has 1 aromatic heterocycles. The maximum absolute atomic E-state index is 2.89. The smallest absolute Gasteiger partial charge is 0.0496 e. The van der Waals surface area contributed by atoms with Crippen LogP contribution in [0, 0.1) is 39.5 Å². The molecule has 0 saturated heterocycles. The zero-order valence-electron chi connectivity index (χ0n) is 24.4. The van der Waals surface area contributed by atoms with Crippen molar-refractivity contribution in [3.63, 3.8) is 0 Å². The van der Waals surface area contributed by atoms with Crippen LogP contribution in [0.2, 0.25) is 0 Å². The molecular formula is C38H40N2. The number of anilines is 2. The molecule has 2 heteroatoms. The number of para-hydroxylation sites is 4. The first-order valence-corrected chi connectivity index (χ1v) is 15.3. The topological polar surface area (TPSA) is 8.17 Å². The van der Waals surface area contributed by atoms with Gasteiger partial charge in [-0.05, 0) is 112 Å². The van der Waals surface area contributed by atoms with E-state index in [1.54, 1.807) is 0 Å². The van der Waals surface area contributed by atoms with Gasteiger partial charge in [-0.15, -0.1) is 0 Å². The zero-order valence-corrected chi connectivity index (χ0v) is 24.4. The normalized spacial score (nSPS) is 27.1. The van der Waals surface area contributed by atoms with Gasteiger partial charge in [0.15, 0.2) is 0 Å². The first-order chi connectivity index (χ1) is 19.4. The molecule has 0 aliphatic heterocycles. The predicted octanol–water partition coefficient (Wildman–Crippen LogP) is 9.91. The Morgan fingerprint density at radius 2 is 1.02 bits per heavy atom. The molecule has 0 spiro atoms. The zero-order chi connectivity index (χ0) is 27.2. The monoisotopic (exact) mass is 524 g/mol. The van der Waals surface area contributed by atoms with Crippen LogP contribution in [0.25, 0.3) is 21.8 Å². The molecule has 1 heterocycles. The molecule has 0 N–H and O–H groups in total. The number of benzene rings is 4. The predicted molar refractivity (Wildman–Crippen MR) is 169 cm³/mol. The van der Waals surface area contributed by atoms with Crippen molar-refractivity contribution in [2.24, 2.45) is 11.8 Å². The van der Waals surface area contributed by atoms with Crippen molar-refractivity contribution in [3.8, 4) is 0 Å². The van der Waals surface area contributed by atoms with Gasteiger partial charge in [-0.2, -0.15) is 0 Å². The van der Waals surface area contributed by atoms with Crippen LogP contribution in [-0.4, -0.2) is 10.1 Å². The summed E-state index contributed by atoms with van der Waals surface area (Å²) in [5.74, 6) is 1.52. The molecule has 4 bridgehead atoms. The minimum absolute atomic E-state index is 0.101. The number of rotatable bonds is 4. The Balaban J connectivity index is 1.40. The second-order valence-corrected chi connectivity index (χ2v) is 13.6. The third kappa shape index (κ3) is 3.28. The molecule has 0 amide bonds.